The Bertz CT molecular complexity index is 682. The summed E-state index contributed by atoms with van der Waals surface area (Å²) in [6.07, 6.45) is 0. The van der Waals surface area contributed by atoms with Gasteiger partial charge in [0.15, 0.2) is 0 Å². The van der Waals surface area contributed by atoms with Gasteiger partial charge in [0.05, 0.1) is 22.3 Å². The molecular weight excluding hydrogens is 384 g/mol. The highest BCUT2D eigenvalue weighted by atomic mass is 79.9. The van der Waals surface area contributed by atoms with E-state index in [-0.39, 0.29) is 15.6 Å². The van der Waals surface area contributed by atoms with Crippen LogP contribution in [0, 0.1) is 0 Å². The van der Waals surface area contributed by atoms with Crippen LogP contribution in [0.2, 0.25) is 0 Å². The van der Waals surface area contributed by atoms with Crippen molar-refractivity contribution in [1.29, 1.82) is 0 Å². The fourth-order valence-corrected chi connectivity index (χ4v) is 4.11. The lowest BCUT2D eigenvalue weighted by Gasteiger charge is -2.30. The SMILES string of the molecule is COC(=O)c1cccc2c1[C@H](Br)[C@H](Br)c1ccccc1-2. The summed E-state index contributed by atoms with van der Waals surface area (Å²) < 4.78 is 4.90. The average Bonchev–Trinajstić information content (AvgIpc) is 2.51. The van der Waals surface area contributed by atoms with Gasteiger partial charge in [-0.2, -0.15) is 0 Å². The van der Waals surface area contributed by atoms with Crippen LogP contribution in [-0.4, -0.2) is 13.1 Å². The molecule has 0 bridgehead atoms. The first-order valence-corrected chi connectivity index (χ1v) is 8.07. The zero-order valence-corrected chi connectivity index (χ0v) is 13.9. The van der Waals surface area contributed by atoms with Crippen LogP contribution in [0.3, 0.4) is 0 Å². The monoisotopic (exact) mass is 394 g/mol. The molecule has 2 atom stereocenters. The maximum absolute atomic E-state index is 12.0. The van der Waals surface area contributed by atoms with Gasteiger partial charge in [0.2, 0.25) is 0 Å². The largest absolute Gasteiger partial charge is 0.465 e. The molecule has 3 rings (SSSR count). The molecule has 102 valence electrons. The summed E-state index contributed by atoms with van der Waals surface area (Å²) in [5, 5.41) is 0. The van der Waals surface area contributed by atoms with E-state index in [1.165, 1.54) is 12.7 Å². The molecule has 0 unspecified atom stereocenters. The minimum Gasteiger partial charge on any atom is -0.465 e. The second-order valence-electron chi connectivity index (χ2n) is 4.65. The van der Waals surface area contributed by atoms with Gasteiger partial charge in [0.1, 0.15) is 0 Å². The summed E-state index contributed by atoms with van der Waals surface area (Å²) in [6.45, 7) is 0. The van der Waals surface area contributed by atoms with Crippen LogP contribution in [0.1, 0.15) is 31.1 Å². The summed E-state index contributed by atoms with van der Waals surface area (Å²) in [7, 11) is 1.41. The van der Waals surface area contributed by atoms with Gasteiger partial charge in [-0.1, -0.05) is 68.3 Å². The van der Waals surface area contributed by atoms with Crippen LogP contribution in [0.4, 0.5) is 0 Å². The Kier molecular flexibility index (Phi) is 3.69. The Morgan fingerprint density at radius 3 is 2.45 bits per heavy atom. The minimum absolute atomic E-state index is 0.0303. The van der Waals surface area contributed by atoms with E-state index < -0.39 is 0 Å². The number of fused-ring (bicyclic) bond motifs is 3. The summed E-state index contributed by atoms with van der Waals surface area (Å²) in [5.41, 5.74) is 5.07. The number of hydrogen-bond acceptors (Lipinski definition) is 2. The van der Waals surface area contributed by atoms with E-state index >= 15 is 0 Å². The molecule has 0 spiro atoms. The fourth-order valence-electron chi connectivity index (χ4n) is 2.67. The first-order chi connectivity index (χ1) is 9.65. The molecule has 4 heteroatoms. The molecule has 0 radical (unpaired) electrons. The highest BCUT2D eigenvalue weighted by molar-refractivity contribution is 9.12. The molecule has 0 fully saturated rings. The van der Waals surface area contributed by atoms with Gasteiger partial charge in [-0.05, 0) is 28.3 Å². The molecule has 0 amide bonds. The molecule has 0 saturated heterocycles. The van der Waals surface area contributed by atoms with Crippen molar-refractivity contribution in [2.24, 2.45) is 0 Å². The van der Waals surface area contributed by atoms with Crippen LogP contribution in [-0.2, 0) is 4.74 Å². The fraction of sp³-hybridized carbons (Fsp3) is 0.188. The molecule has 0 aromatic heterocycles. The van der Waals surface area contributed by atoms with E-state index in [1.807, 2.05) is 30.3 Å². The molecule has 1 aliphatic rings. The number of rotatable bonds is 1. The number of carbonyl (C=O) groups excluding carboxylic acids is 1. The standard InChI is InChI=1S/C16H12Br2O2/c1-20-16(19)12-8-4-7-10-9-5-2-3-6-11(9)14(17)15(18)13(10)12/h2-8,14-15H,1H3/t14-,15+/m1/s1. The first-order valence-electron chi connectivity index (χ1n) is 6.23. The Hall–Kier alpha value is -1.13. The molecule has 0 aliphatic heterocycles. The topological polar surface area (TPSA) is 26.3 Å². The number of carbonyl (C=O) groups is 1. The Morgan fingerprint density at radius 1 is 1.00 bits per heavy atom. The zero-order chi connectivity index (χ0) is 14.3. The lowest BCUT2D eigenvalue weighted by Crippen LogP contribution is -2.15. The molecule has 0 heterocycles. The van der Waals surface area contributed by atoms with E-state index in [4.69, 9.17) is 4.74 Å². The smallest absolute Gasteiger partial charge is 0.338 e. The Morgan fingerprint density at radius 2 is 1.70 bits per heavy atom. The van der Waals surface area contributed by atoms with Gasteiger partial charge in [-0.15, -0.1) is 0 Å². The van der Waals surface area contributed by atoms with E-state index in [1.54, 1.807) is 0 Å². The second kappa shape index (κ2) is 5.34. The Balaban J connectivity index is 2.31. The van der Waals surface area contributed by atoms with E-state index in [0.29, 0.717) is 5.56 Å². The number of ether oxygens (including phenoxy) is 1. The van der Waals surface area contributed by atoms with Crippen LogP contribution in [0.15, 0.2) is 42.5 Å². The van der Waals surface area contributed by atoms with Gasteiger partial charge in [0.25, 0.3) is 0 Å². The predicted octanol–water partition coefficient (Wildman–Crippen LogP) is 5.03. The van der Waals surface area contributed by atoms with Gasteiger partial charge < -0.3 is 4.74 Å². The van der Waals surface area contributed by atoms with E-state index in [0.717, 1.165) is 16.7 Å². The number of alkyl halides is 2. The van der Waals surface area contributed by atoms with Crippen LogP contribution >= 0.6 is 31.9 Å². The highest BCUT2D eigenvalue weighted by Crippen LogP contribution is 2.53. The normalized spacial score (nSPS) is 19.9. The highest BCUT2D eigenvalue weighted by Gasteiger charge is 2.33. The quantitative estimate of drug-likeness (QED) is 0.500. The number of hydrogen-bond donors (Lipinski definition) is 0. The number of benzene rings is 2. The van der Waals surface area contributed by atoms with Crippen molar-refractivity contribution in [3.05, 3.63) is 59.2 Å². The summed E-state index contributed by atoms with van der Waals surface area (Å²) in [5.74, 6) is -0.301. The van der Waals surface area contributed by atoms with Crippen LogP contribution < -0.4 is 0 Å². The van der Waals surface area contributed by atoms with E-state index in [9.17, 15) is 4.79 Å². The molecule has 20 heavy (non-hydrogen) atoms. The molecule has 0 saturated carbocycles. The third-order valence-electron chi connectivity index (χ3n) is 3.59. The summed E-state index contributed by atoms with van der Waals surface area (Å²) in [4.78, 5) is 12.1. The minimum atomic E-state index is -0.301. The van der Waals surface area contributed by atoms with Crippen molar-refractivity contribution in [3.8, 4) is 11.1 Å². The third-order valence-corrected chi connectivity index (χ3v) is 6.31. The van der Waals surface area contributed by atoms with Gasteiger partial charge in [-0.3, -0.25) is 0 Å². The number of halogens is 2. The third kappa shape index (κ3) is 2.02. The molecule has 0 N–H and O–H groups in total. The van der Waals surface area contributed by atoms with Gasteiger partial charge in [0, 0.05) is 0 Å². The summed E-state index contributed by atoms with van der Waals surface area (Å²) in [6, 6.07) is 14.0. The lowest BCUT2D eigenvalue weighted by atomic mass is 9.83. The first kappa shape index (κ1) is 13.8. The summed E-state index contributed by atoms with van der Waals surface area (Å²) >= 11 is 7.44. The molecule has 2 nitrogen and oxygen atoms in total. The predicted molar refractivity (Wildman–Crippen MR) is 86.6 cm³/mol. The van der Waals surface area contributed by atoms with Crippen LogP contribution in [0.25, 0.3) is 11.1 Å². The maximum Gasteiger partial charge on any atom is 0.338 e. The van der Waals surface area contributed by atoms with Gasteiger partial charge in [-0.25, -0.2) is 4.79 Å². The van der Waals surface area contributed by atoms with Gasteiger partial charge >= 0.3 is 5.97 Å². The van der Waals surface area contributed by atoms with Crippen molar-refractivity contribution in [1.82, 2.24) is 0 Å². The number of methoxy groups -OCH3 is 1. The van der Waals surface area contributed by atoms with Crippen molar-refractivity contribution >= 4 is 37.8 Å². The molecule has 2 aromatic rings. The van der Waals surface area contributed by atoms with Crippen molar-refractivity contribution in [2.75, 3.05) is 7.11 Å². The lowest BCUT2D eigenvalue weighted by molar-refractivity contribution is 0.0599. The second-order valence-corrected chi connectivity index (χ2v) is 6.62. The Labute approximate surface area is 134 Å². The molecule has 2 aromatic carbocycles. The maximum atomic E-state index is 12.0. The number of esters is 1. The van der Waals surface area contributed by atoms with Crippen molar-refractivity contribution in [2.45, 2.75) is 9.65 Å². The molecular formula is C16H12Br2O2. The average molecular weight is 396 g/mol. The van der Waals surface area contributed by atoms with Crippen molar-refractivity contribution < 1.29 is 9.53 Å². The van der Waals surface area contributed by atoms with Crippen LogP contribution in [0.5, 0.6) is 0 Å². The zero-order valence-electron chi connectivity index (χ0n) is 10.8. The van der Waals surface area contributed by atoms with Crippen molar-refractivity contribution in [3.63, 3.8) is 0 Å². The van der Waals surface area contributed by atoms with E-state index in [2.05, 4.69) is 44.0 Å². The molecule has 1 aliphatic carbocycles.